The van der Waals surface area contributed by atoms with Crippen molar-refractivity contribution >= 4 is 0 Å². The van der Waals surface area contributed by atoms with Gasteiger partial charge in [0.1, 0.15) is 0 Å². The SMILES string of the molecule is CN1CC2CC1CN2C1CCC1. The highest BCUT2D eigenvalue weighted by atomic mass is 15.4. The van der Waals surface area contributed by atoms with Crippen LogP contribution in [0.2, 0.25) is 0 Å². The van der Waals surface area contributed by atoms with Crippen molar-refractivity contribution in [2.24, 2.45) is 0 Å². The first kappa shape index (κ1) is 7.34. The van der Waals surface area contributed by atoms with E-state index in [0.29, 0.717) is 0 Å². The van der Waals surface area contributed by atoms with Crippen LogP contribution in [-0.4, -0.2) is 48.1 Å². The first-order valence-electron chi connectivity index (χ1n) is 5.30. The zero-order valence-electron chi connectivity index (χ0n) is 7.87. The quantitative estimate of drug-likeness (QED) is 0.572. The van der Waals surface area contributed by atoms with Gasteiger partial charge >= 0.3 is 0 Å². The van der Waals surface area contributed by atoms with E-state index in [4.69, 9.17) is 0 Å². The van der Waals surface area contributed by atoms with Gasteiger partial charge in [-0.1, -0.05) is 6.42 Å². The molecule has 0 amide bonds. The molecule has 68 valence electrons. The number of nitrogens with zero attached hydrogens (tertiary/aromatic N) is 2. The van der Waals surface area contributed by atoms with Gasteiger partial charge in [0.25, 0.3) is 0 Å². The lowest BCUT2D eigenvalue weighted by Gasteiger charge is -2.42. The van der Waals surface area contributed by atoms with Crippen LogP contribution in [0.5, 0.6) is 0 Å². The van der Waals surface area contributed by atoms with Crippen molar-refractivity contribution in [3.8, 4) is 0 Å². The molecule has 2 bridgehead atoms. The highest BCUT2D eigenvalue weighted by Gasteiger charge is 2.44. The Balaban J connectivity index is 1.69. The first-order chi connectivity index (χ1) is 5.84. The maximum absolute atomic E-state index is 2.79. The average Bonchev–Trinajstić information content (AvgIpc) is 2.42. The van der Waals surface area contributed by atoms with Gasteiger partial charge in [0.05, 0.1) is 0 Å². The summed E-state index contributed by atoms with van der Waals surface area (Å²) in [4.78, 5) is 5.33. The van der Waals surface area contributed by atoms with Gasteiger partial charge < -0.3 is 4.90 Å². The summed E-state index contributed by atoms with van der Waals surface area (Å²) in [6.07, 6.45) is 5.89. The summed E-state index contributed by atoms with van der Waals surface area (Å²) in [6, 6.07) is 2.80. The predicted molar refractivity (Wildman–Crippen MR) is 49.2 cm³/mol. The molecule has 2 atom stereocenters. The number of fused-ring (bicyclic) bond motifs is 2. The van der Waals surface area contributed by atoms with Gasteiger partial charge in [0.15, 0.2) is 0 Å². The van der Waals surface area contributed by atoms with E-state index in [1.807, 2.05) is 0 Å². The minimum absolute atomic E-state index is 0.899. The van der Waals surface area contributed by atoms with Crippen LogP contribution >= 0.6 is 0 Å². The van der Waals surface area contributed by atoms with Crippen LogP contribution in [0.25, 0.3) is 0 Å². The summed E-state index contributed by atoms with van der Waals surface area (Å²) in [5.74, 6) is 0. The maximum Gasteiger partial charge on any atom is 0.0242 e. The van der Waals surface area contributed by atoms with Crippen LogP contribution in [0.1, 0.15) is 25.7 Å². The first-order valence-corrected chi connectivity index (χ1v) is 5.30. The van der Waals surface area contributed by atoms with Crippen LogP contribution in [0.3, 0.4) is 0 Å². The smallest absolute Gasteiger partial charge is 0.0242 e. The number of hydrogen-bond acceptors (Lipinski definition) is 2. The lowest BCUT2D eigenvalue weighted by Crippen LogP contribution is -2.51. The molecule has 2 unspecified atom stereocenters. The number of likely N-dealkylation sites (N-methyl/N-ethyl adjacent to an activating group) is 1. The van der Waals surface area contributed by atoms with E-state index in [1.54, 1.807) is 0 Å². The van der Waals surface area contributed by atoms with Crippen LogP contribution in [0, 0.1) is 0 Å². The van der Waals surface area contributed by atoms with Gasteiger partial charge in [-0.25, -0.2) is 0 Å². The molecule has 12 heavy (non-hydrogen) atoms. The number of likely N-dealkylation sites (tertiary alicyclic amines) is 2. The molecule has 3 fully saturated rings. The third kappa shape index (κ3) is 0.882. The molecule has 1 aliphatic carbocycles. The lowest BCUT2D eigenvalue weighted by atomic mass is 9.91. The van der Waals surface area contributed by atoms with Gasteiger partial charge in [-0.2, -0.15) is 0 Å². The van der Waals surface area contributed by atoms with Crippen LogP contribution < -0.4 is 0 Å². The van der Waals surface area contributed by atoms with E-state index in [-0.39, 0.29) is 0 Å². The second-order valence-corrected chi connectivity index (χ2v) is 4.76. The molecule has 2 heterocycles. The van der Waals surface area contributed by atoms with E-state index < -0.39 is 0 Å². The molecule has 0 spiro atoms. The van der Waals surface area contributed by atoms with Crippen molar-refractivity contribution in [2.45, 2.75) is 43.8 Å². The molecule has 2 heteroatoms. The second-order valence-electron chi connectivity index (χ2n) is 4.76. The zero-order valence-corrected chi connectivity index (χ0v) is 7.87. The Labute approximate surface area is 74.5 Å². The van der Waals surface area contributed by atoms with Gasteiger partial charge in [-0.15, -0.1) is 0 Å². The fourth-order valence-corrected chi connectivity index (χ4v) is 3.06. The van der Waals surface area contributed by atoms with Crippen molar-refractivity contribution < 1.29 is 0 Å². The molecular formula is C10H18N2. The lowest BCUT2D eigenvalue weighted by molar-refractivity contribution is 0.0666. The summed E-state index contributed by atoms with van der Waals surface area (Å²) in [7, 11) is 2.28. The zero-order chi connectivity index (χ0) is 8.13. The van der Waals surface area contributed by atoms with Gasteiger partial charge in [0, 0.05) is 31.2 Å². The molecule has 2 saturated heterocycles. The number of rotatable bonds is 1. The summed E-state index contributed by atoms with van der Waals surface area (Å²) >= 11 is 0. The fraction of sp³-hybridized carbons (Fsp3) is 1.00. The van der Waals surface area contributed by atoms with Gasteiger partial charge in [0.2, 0.25) is 0 Å². The van der Waals surface area contributed by atoms with Gasteiger partial charge in [-0.3, -0.25) is 4.90 Å². The Kier molecular flexibility index (Phi) is 1.50. The van der Waals surface area contributed by atoms with Gasteiger partial charge in [-0.05, 0) is 26.3 Å². The van der Waals surface area contributed by atoms with Crippen molar-refractivity contribution in [1.82, 2.24) is 9.80 Å². The molecule has 0 aromatic carbocycles. The third-order valence-electron chi connectivity index (χ3n) is 4.10. The third-order valence-corrected chi connectivity index (χ3v) is 4.10. The maximum atomic E-state index is 2.79. The van der Waals surface area contributed by atoms with Crippen molar-refractivity contribution in [1.29, 1.82) is 0 Å². The molecular weight excluding hydrogens is 148 g/mol. The summed E-state index contributed by atoms with van der Waals surface area (Å²) < 4.78 is 0. The summed E-state index contributed by atoms with van der Waals surface area (Å²) in [5, 5.41) is 0. The average molecular weight is 166 g/mol. The van der Waals surface area contributed by atoms with Crippen LogP contribution in [-0.2, 0) is 0 Å². The molecule has 0 radical (unpaired) electrons. The van der Waals surface area contributed by atoms with Crippen LogP contribution in [0.15, 0.2) is 0 Å². The van der Waals surface area contributed by atoms with E-state index in [0.717, 1.165) is 18.1 Å². The Hall–Kier alpha value is -0.0800. The van der Waals surface area contributed by atoms with E-state index in [1.165, 1.54) is 38.8 Å². The monoisotopic (exact) mass is 166 g/mol. The van der Waals surface area contributed by atoms with E-state index >= 15 is 0 Å². The molecule has 2 nitrogen and oxygen atoms in total. The molecule has 3 rings (SSSR count). The summed E-state index contributed by atoms with van der Waals surface area (Å²) in [5.41, 5.74) is 0. The fourth-order valence-electron chi connectivity index (χ4n) is 3.06. The molecule has 0 N–H and O–H groups in total. The minimum Gasteiger partial charge on any atom is -0.301 e. The van der Waals surface area contributed by atoms with E-state index in [9.17, 15) is 0 Å². The Bertz CT molecular complexity index is 186. The van der Waals surface area contributed by atoms with Crippen molar-refractivity contribution in [3.63, 3.8) is 0 Å². The molecule has 0 aromatic rings. The number of piperazine rings is 1. The topological polar surface area (TPSA) is 6.48 Å². The van der Waals surface area contributed by atoms with Crippen molar-refractivity contribution in [3.05, 3.63) is 0 Å². The van der Waals surface area contributed by atoms with Crippen LogP contribution in [0.4, 0.5) is 0 Å². The van der Waals surface area contributed by atoms with Crippen molar-refractivity contribution in [2.75, 3.05) is 20.1 Å². The molecule has 3 aliphatic rings. The molecule has 2 aliphatic heterocycles. The standard InChI is InChI=1S/C10H18N2/c1-11-6-10-5-9(11)7-12(10)8-3-2-4-8/h8-10H,2-7H2,1H3. The van der Waals surface area contributed by atoms with E-state index in [2.05, 4.69) is 16.8 Å². The number of hydrogen-bond donors (Lipinski definition) is 0. The normalized spacial score (nSPS) is 43.8. The highest BCUT2D eigenvalue weighted by Crippen LogP contribution is 2.36. The Morgan fingerprint density at radius 3 is 2.25 bits per heavy atom. The summed E-state index contributed by atoms with van der Waals surface area (Å²) in [6.45, 7) is 2.70. The second kappa shape index (κ2) is 2.46. The highest BCUT2D eigenvalue weighted by molar-refractivity contribution is 5.01. The Morgan fingerprint density at radius 2 is 1.83 bits per heavy atom. The predicted octanol–water partition coefficient (Wildman–Crippen LogP) is 0.927. The Morgan fingerprint density at radius 1 is 1.00 bits per heavy atom. The minimum atomic E-state index is 0.899. The molecule has 0 aromatic heterocycles. The molecule has 1 saturated carbocycles. The largest absolute Gasteiger partial charge is 0.301 e.